The minimum absolute atomic E-state index is 0.293. The molecular weight excluding hydrogens is 405 g/mol. The lowest BCUT2D eigenvalue weighted by atomic mass is 10.2. The molecule has 136 valence electrons. The zero-order chi connectivity index (χ0) is 18.8. The predicted octanol–water partition coefficient (Wildman–Crippen LogP) is 4.34. The van der Waals surface area contributed by atoms with Gasteiger partial charge in [0.2, 0.25) is 5.52 Å². The number of nitrogens with one attached hydrogen (secondary N) is 3. The standard InChI is InChI=1S/C18H13Cl2N5OS/c19-12-5-11(6-13(20)7-12)8-21-18(26)24-25-16-4-2-1-3-14(16)23-17(25)15-9-27-10-22-15/h1-7,9-10H,8H2,(H2,21,24,26)/p+1. The second-order valence-corrected chi connectivity index (χ2v) is 7.36. The number of imidazole rings is 1. The van der Waals surface area contributed by atoms with Crippen LogP contribution in [0.4, 0.5) is 4.79 Å². The van der Waals surface area contributed by atoms with Crippen LogP contribution < -0.4 is 15.4 Å². The number of hydrogen-bond acceptors (Lipinski definition) is 3. The van der Waals surface area contributed by atoms with E-state index in [4.69, 9.17) is 23.2 Å². The van der Waals surface area contributed by atoms with Crippen LogP contribution in [0.15, 0.2) is 53.4 Å². The van der Waals surface area contributed by atoms with Crippen molar-refractivity contribution in [1.82, 2.24) is 15.3 Å². The van der Waals surface area contributed by atoms with Crippen LogP contribution in [0.5, 0.6) is 0 Å². The van der Waals surface area contributed by atoms with Crippen molar-refractivity contribution in [1.29, 1.82) is 0 Å². The number of rotatable bonds is 4. The van der Waals surface area contributed by atoms with E-state index in [9.17, 15) is 4.79 Å². The Morgan fingerprint density at radius 1 is 1.19 bits per heavy atom. The van der Waals surface area contributed by atoms with E-state index in [2.05, 4.69) is 20.7 Å². The number of hydrogen-bond donors (Lipinski definition) is 3. The minimum Gasteiger partial charge on any atom is -0.331 e. The van der Waals surface area contributed by atoms with Gasteiger partial charge in [-0.15, -0.1) is 16.0 Å². The van der Waals surface area contributed by atoms with Gasteiger partial charge in [0.05, 0.1) is 5.51 Å². The molecule has 6 nitrogen and oxygen atoms in total. The van der Waals surface area contributed by atoms with Gasteiger partial charge in [0, 0.05) is 22.0 Å². The number of fused-ring (bicyclic) bond motifs is 1. The first-order chi connectivity index (χ1) is 13.1. The summed E-state index contributed by atoms with van der Waals surface area (Å²) in [6.07, 6.45) is 0. The first-order valence-corrected chi connectivity index (χ1v) is 9.71. The van der Waals surface area contributed by atoms with Gasteiger partial charge in [-0.3, -0.25) is 0 Å². The molecule has 9 heteroatoms. The molecule has 2 amide bonds. The number of thiazole rings is 1. The van der Waals surface area contributed by atoms with E-state index in [1.165, 1.54) is 11.3 Å². The molecule has 2 aromatic carbocycles. The highest BCUT2D eigenvalue weighted by Gasteiger charge is 2.23. The third-order valence-corrected chi connectivity index (χ3v) is 4.91. The fourth-order valence-electron chi connectivity index (χ4n) is 2.74. The van der Waals surface area contributed by atoms with Crippen LogP contribution in [0, 0.1) is 0 Å². The highest BCUT2D eigenvalue weighted by Crippen LogP contribution is 2.19. The second kappa shape index (κ2) is 7.56. The van der Waals surface area contributed by atoms with Gasteiger partial charge in [0.25, 0.3) is 0 Å². The normalized spacial score (nSPS) is 10.9. The summed E-state index contributed by atoms with van der Waals surface area (Å²) in [4.78, 5) is 20.1. The Hall–Kier alpha value is -2.61. The van der Waals surface area contributed by atoms with E-state index in [0.717, 1.165) is 22.3 Å². The molecule has 0 aliphatic rings. The highest BCUT2D eigenvalue weighted by atomic mass is 35.5. The third kappa shape index (κ3) is 3.90. The summed E-state index contributed by atoms with van der Waals surface area (Å²) in [7, 11) is 0. The maximum atomic E-state index is 12.5. The van der Waals surface area contributed by atoms with Crippen molar-refractivity contribution < 1.29 is 9.47 Å². The van der Waals surface area contributed by atoms with Crippen molar-refractivity contribution in [2.45, 2.75) is 6.54 Å². The lowest BCUT2D eigenvalue weighted by Crippen LogP contribution is -2.52. The van der Waals surface area contributed by atoms with Crippen molar-refractivity contribution >= 4 is 51.6 Å². The van der Waals surface area contributed by atoms with Gasteiger partial charge >= 0.3 is 11.9 Å². The van der Waals surface area contributed by atoms with Crippen LogP contribution in [0.1, 0.15) is 5.56 Å². The molecule has 0 saturated carbocycles. The van der Waals surface area contributed by atoms with Crippen molar-refractivity contribution in [3.63, 3.8) is 0 Å². The van der Waals surface area contributed by atoms with Crippen LogP contribution in [0.25, 0.3) is 22.6 Å². The molecule has 0 atom stereocenters. The van der Waals surface area contributed by atoms with E-state index in [1.54, 1.807) is 28.4 Å². The number of H-pyrrole nitrogens is 1. The molecule has 0 radical (unpaired) electrons. The van der Waals surface area contributed by atoms with E-state index in [-0.39, 0.29) is 6.03 Å². The maximum Gasteiger partial charge on any atom is 0.350 e. The predicted molar refractivity (Wildman–Crippen MR) is 108 cm³/mol. The van der Waals surface area contributed by atoms with Gasteiger partial charge in [-0.2, -0.15) is 5.43 Å². The van der Waals surface area contributed by atoms with Crippen LogP contribution in [0.2, 0.25) is 10.0 Å². The van der Waals surface area contributed by atoms with Crippen LogP contribution in [-0.2, 0) is 6.54 Å². The van der Waals surface area contributed by atoms with Crippen LogP contribution in [0.3, 0.4) is 0 Å². The van der Waals surface area contributed by atoms with Crippen molar-refractivity contribution in [3.8, 4) is 11.5 Å². The molecule has 0 spiro atoms. The number of para-hydroxylation sites is 2. The molecule has 0 aliphatic carbocycles. The monoisotopic (exact) mass is 418 g/mol. The van der Waals surface area contributed by atoms with Crippen LogP contribution >= 0.6 is 34.5 Å². The summed E-state index contributed by atoms with van der Waals surface area (Å²) in [5.41, 5.74) is 7.88. The average molecular weight is 419 g/mol. The van der Waals surface area contributed by atoms with Gasteiger partial charge in [-0.25, -0.2) is 14.8 Å². The molecule has 0 bridgehead atoms. The highest BCUT2D eigenvalue weighted by molar-refractivity contribution is 7.07. The molecule has 3 N–H and O–H groups in total. The van der Waals surface area contributed by atoms with Crippen LogP contribution in [-0.4, -0.2) is 16.0 Å². The zero-order valence-corrected chi connectivity index (χ0v) is 16.2. The summed E-state index contributed by atoms with van der Waals surface area (Å²) >= 11 is 13.5. The summed E-state index contributed by atoms with van der Waals surface area (Å²) in [6, 6.07) is 12.5. The molecule has 4 aromatic rings. The number of aromatic nitrogens is 3. The van der Waals surface area contributed by atoms with Gasteiger partial charge < -0.3 is 5.32 Å². The van der Waals surface area contributed by atoms with E-state index in [0.29, 0.717) is 22.4 Å². The number of carbonyl (C=O) groups excluding carboxylic acids is 1. The number of nitrogens with zero attached hydrogens (tertiary/aromatic N) is 2. The number of carbonyl (C=O) groups is 1. The number of benzene rings is 2. The quantitative estimate of drug-likeness (QED) is 0.431. The molecule has 0 unspecified atom stereocenters. The molecular formula is C18H14Cl2N5OS+. The summed E-state index contributed by atoms with van der Waals surface area (Å²) < 4.78 is 1.69. The Balaban J connectivity index is 1.57. The smallest absolute Gasteiger partial charge is 0.331 e. The molecule has 2 heterocycles. The molecule has 0 fully saturated rings. The summed E-state index contributed by atoms with van der Waals surface area (Å²) in [6.45, 7) is 0.293. The average Bonchev–Trinajstić information content (AvgIpc) is 3.27. The van der Waals surface area contributed by atoms with Gasteiger partial charge in [-0.05, 0) is 35.9 Å². The van der Waals surface area contributed by atoms with E-state index >= 15 is 0 Å². The largest absolute Gasteiger partial charge is 0.350 e. The first kappa shape index (κ1) is 17.8. The number of amides is 2. The fraction of sp³-hybridized carbons (Fsp3) is 0.0556. The Bertz CT molecular complexity index is 1090. The zero-order valence-electron chi connectivity index (χ0n) is 13.9. The van der Waals surface area contributed by atoms with Crippen molar-refractivity contribution in [2.24, 2.45) is 0 Å². The molecule has 27 heavy (non-hydrogen) atoms. The summed E-state index contributed by atoms with van der Waals surface area (Å²) in [5.74, 6) is 0.693. The van der Waals surface area contributed by atoms with Crippen molar-refractivity contribution in [2.75, 3.05) is 5.43 Å². The Morgan fingerprint density at radius 2 is 1.96 bits per heavy atom. The lowest BCUT2D eigenvalue weighted by molar-refractivity contribution is -0.602. The van der Waals surface area contributed by atoms with Gasteiger partial charge in [0.15, 0.2) is 11.2 Å². The number of aromatic amines is 1. The molecule has 0 saturated heterocycles. The Kier molecular flexibility index (Phi) is 4.98. The fourth-order valence-corrected chi connectivity index (χ4v) is 3.85. The molecule has 2 aromatic heterocycles. The van der Waals surface area contributed by atoms with E-state index in [1.807, 2.05) is 29.6 Å². The number of urea groups is 1. The second-order valence-electron chi connectivity index (χ2n) is 5.77. The SMILES string of the molecule is O=C(NCc1cc(Cl)cc(Cl)c1)N[n+]1c(-c2cscn2)[nH]c2ccccc21. The van der Waals surface area contributed by atoms with Gasteiger partial charge in [0.1, 0.15) is 0 Å². The summed E-state index contributed by atoms with van der Waals surface area (Å²) in [5, 5.41) is 5.77. The van der Waals surface area contributed by atoms with Gasteiger partial charge in [-0.1, -0.05) is 35.3 Å². The topological polar surface area (TPSA) is 73.7 Å². The minimum atomic E-state index is -0.364. The lowest BCUT2D eigenvalue weighted by Gasteiger charge is -2.07. The first-order valence-electron chi connectivity index (χ1n) is 8.01. The third-order valence-electron chi connectivity index (χ3n) is 3.89. The maximum absolute atomic E-state index is 12.5. The van der Waals surface area contributed by atoms with Crippen molar-refractivity contribution in [3.05, 3.63) is 69.0 Å². The molecule has 4 rings (SSSR count). The van der Waals surface area contributed by atoms with E-state index < -0.39 is 0 Å². The molecule has 0 aliphatic heterocycles. The Labute approximate surface area is 168 Å². The Morgan fingerprint density at radius 3 is 2.70 bits per heavy atom. The number of halogens is 2.